The van der Waals surface area contributed by atoms with Gasteiger partial charge in [0.25, 0.3) is 0 Å². The van der Waals surface area contributed by atoms with E-state index in [4.69, 9.17) is 0 Å². The van der Waals surface area contributed by atoms with Crippen molar-refractivity contribution < 1.29 is 0 Å². The smallest absolute Gasteiger partial charge is 0.0727 e. The average molecular weight is 995 g/mol. The zero-order valence-corrected chi connectivity index (χ0v) is 43.6. The molecule has 0 saturated carbocycles. The molecule has 3 aliphatic carbocycles. The number of hydrogen-bond donors (Lipinski definition) is 0. The first-order valence-corrected chi connectivity index (χ1v) is 27.2. The topological polar surface area (TPSA) is 6.48 Å². The molecule has 78 heavy (non-hydrogen) atoms. The Morgan fingerprint density at radius 1 is 0.231 bits per heavy atom. The van der Waals surface area contributed by atoms with Gasteiger partial charge < -0.3 is 9.80 Å². The second kappa shape index (κ2) is 17.9. The number of nitrogens with zero attached hydrogens (tertiary/aromatic N) is 2. The summed E-state index contributed by atoms with van der Waals surface area (Å²) in [5, 5.41) is 0. The van der Waals surface area contributed by atoms with Crippen LogP contribution < -0.4 is 9.80 Å². The predicted octanol–water partition coefficient (Wildman–Crippen LogP) is 20.3. The van der Waals surface area contributed by atoms with Crippen LogP contribution in [0.2, 0.25) is 0 Å². The summed E-state index contributed by atoms with van der Waals surface area (Å²) in [6.45, 7) is 4.75. The van der Waals surface area contributed by atoms with Crippen LogP contribution in [0.4, 0.5) is 34.1 Å². The summed E-state index contributed by atoms with van der Waals surface area (Å²) in [6.07, 6.45) is 0. The lowest BCUT2D eigenvalue weighted by Crippen LogP contribution is -2.26. The molecule has 0 atom stereocenters. The molecule has 0 radical (unpaired) electrons. The molecule has 0 N–H and O–H groups in total. The minimum atomic E-state index is -0.617. The van der Waals surface area contributed by atoms with E-state index in [1.807, 2.05) is 0 Å². The highest BCUT2D eigenvalue weighted by Gasteiger charge is 2.53. The van der Waals surface area contributed by atoms with Crippen molar-refractivity contribution in [1.29, 1.82) is 0 Å². The van der Waals surface area contributed by atoms with Crippen LogP contribution in [0.25, 0.3) is 66.8 Å². The molecule has 3 aliphatic rings. The summed E-state index contributed by atoms with van der Waals surface area (Å²) >= 11 is 0. The molecule has 0 bridgehead atoms. The Bertz CT molecular complexity index is 4120. The van der Waals surface area contributed by atoms with Crippen LogP contribution in [0.1, 0.15) is 47.2 Å². The van der Waals surface area contributed by atoms with E-state index in [1.165, 1.54) is 100 Å². The summed E-state index contributed by atoms with van der Waals surface area (Å²) in [5.74, 6) is 0. The lowest BCUT2D eigenvalue weighted by molar-refractivity contribution is 0.660. The molecular formula is C76H54N2. The number of benzene rings is 12. The van der Waals surface area contributed by atoms with Gasteiger partial charge in [-0.25, -0.2) is 0 Å². The maximum absolute atomic E-state index is 2.53. The summed E-state index contributed by atoms with van der Waals surface area (Å²) in [7, 11) is 0. The van der Waals surface area contributed by atoms with Gasteiger partial charge in [0.15, 0.2) is 0 Å². The van der Waals surface area contributed by atoms with E-state index in [0.29, 0.717) is 0 Å². The van der Waals surface area contributed by atoms with Crippen LogP contribution in [-0.4, -0.2) is 0 Å². The number of hydrogen-bond acceptors (Lipinski definition) is 2. The van der Waals surface area contributed by atoms with Gasteiger partial charge in [-0.1, -0.05) is 238 Å². The Morgan fingerprint density at radius 3 is 1.06 bits per heavy atom. The van der Waals surface area contributed by atoms with Gasteiger partial charge >= 0.3 is 0 Å². The Labute approximate surface area is 457 Å². The van der Waals surface area contributed by atoms with Gasteiger partial charge in [0.1, 0.15) is 0 Å². The van der Waals surface area contributed by atoms with Crippen molar-refractivity contribution in [3.63, 3.8) is 0 Å². The van der Waals surface area contributed by atoms with Crippen molar-refractivity contribution in [3.8, 4) is 66.8 Å². The van der Waals surface area contributed by atoms with Gasteiger partial charge in [0, 0.05) is 39.4 Å². The molecule has 368 valence electrons. The Hall–Kier alpha value is -9.76. The molecule has 0 heterocycles. The molecule has 0 saturated heterocycles. The molecule has 12 aromatic carbocycles. The monoisotopic (exact) mass is 994 g/mol. The van der Waals surface area contributed by atoms with Crippen LogP contribution >= 0.6 is 0 Å². The van der Waals surface area contributed by atoms with Gasteiger partial charge in [-0.2, -0.15) is 0 Å². The van der Waals surface area contributed by atoms with Gasteiger partial charge in [-0.3, -0.25) is 0 Å². The van der Waals surface area contributed by atoms with Gasteiger partial charge in [0.05, 0.1) is 11.1 Å². The van der Waals surface area contributed by atoms with Crippen molar-refractivity contribution in [2.45, 2.75) is 24.7 Å². The van der Waals surface area contributed by atoms with Crippen LogP contribution in [0.5, 0.6) is 0 Å². The third-order valence-corrected chi connectivity index (χ3v) is 17.1. The maximum atomic E-state index is 2.53. The van der Waals surface area contributed by atoms with E-state index in [2.05, 4.69) is 315 Å². The van der Waals surface area contributed by atoms with Gasteiger partial charge in [-0.15, -0.1) is 0 Å². The Kier molecular flexibility index (Phi) is 10.5. The van der Waals surface area contributed by atoms with E-state index in [0.717, 1.165) is 34.1 Å². The second-order valence-corrected chi connectivity index (χ2v) is 21.6. The van der Waals surface area contributed by atoms with E-state index >= 15 is 0 Å². The first kappa shape index (κ1) is 45.6. The van der Waals surface area contributed by atoms with Crippen LogP contribution in [-0.2, 0) is 10.8 Å². The van der Waals surface area contributed by atoms with E-state index in [9.17, 15) is 0 Å². The highest BCUT2D eigenvalue weighted by atomic mass is 15.2. The van der Waals surface area contributed by atoms with Crippen molar-refractivity contribution >= 4 is 34.1 Å². The zero-order chi connectivity index (χ0) is 52.0. The van der Waals surface area contributed by atoms with Gasteiger partial charge in [-0.05, 0) is 161 Å². The lowest BCUT2D eigenvalue weighted by Gasteiger charge is -2.33. The van der Waals surface area contributed by atoms with E-state index < -0.39 is 5.41 Å². The lowest BCUT2D eigenvalue weighted by atomic mass is 9.70. The van der Waals surface area contributed by atoms with Crippen LogP contribution in [0.3, 0.4) is 0 Å². The molecule has 0 unspecified atom stereocenters. The minimum absolute atomic E-state index is 0.169. The first-order chi connectivity index (χ1) is 38.4. The fourth-order valence-corrected chi connectivity index (χ4v) is 13.5. The number of anilines is 6. The van der Waals surface area contributed by atoms with Crippen molar-refractivity contribution in [2.24, 2.45) is 0 Å². The molecule has 0 aliphatic heterocycles. The fraction of sp³-hybridized carbons (Fsp3) is 0.0526. The maximum Gasteiger partial charge on any atom is 0.0727 e. The molecule has 2 heteroatoms. The molecular weight excluding hydrogens is 941 g/mol. The number of rotatable bonds is 9. The number of fused-ring (bicyclic) bond motifs is 13. The van der Waals surface area contributed by atoms with Gasteiger partial charge in [0.2, 0.25) is 0 Å². The average Bonchev–Trinajstić information content (AvgIpc) is 2.63. The summed E-state index contributed by atoms with van der Waals surface area (Å²) in [6, 6.07) is 108. The predicted molar refractivity (Wildman–Crippen MR) is 326 cm³/mol. The van der Waals surface area contributed by atoms with Crippen LogP contribution in [0, 0.1) is 0 Å². The molecule has 1 spiro atoms. The Balaban J connectivity index is 0.968. The summed E-state index contributed by atoms with van der Waals surface area (Å²) in [5.41, 5.74) is 28.6. The third-order valence-electron chi connectivity index (χ3n) is 17.1. The van der Waals surface area contributed by atoms with Crippen molar-refractivity contribution in [1.82, 2.24) is 0 Å². The molecule has 0 fully saturated rings. The summed E-state index contributed by atoms with van der Waals surface area (Å²) < 4.78 is 0. The summed E-state index contributed by atoms with van der Waals surface area (Å²) in [4.78, 5) is 4.98. The standard InChI is InChI=1S/C76H54N2/c1-75(2)67-28-15-12-25-62(67)65-47-45-60(49-71(65)75)77(57-39-33-54(34-40-57)51-19-6-3-7-20-51)61-46-48-66-72(50-61)76(68-29-16-13-26-63(68)64-27-14-17-30-69(64)76)70-31-18-32-73(74(66)70)78(58-41-35-55(36-42-58)52-21-8-4-9-22-52)59-43-37-56(38-44-59)53-23-10-5-11-24-53/h3-50H,1-2H3. The van der Waals surface area contributed by atoms with Crippen molar-refractivity contribution in [2.75, 3.05) is 9.80 Å². The van der Waals surface area contributed by atoms with E-state index in [1.54, 1.807) is 0 Å². The zero-order valence-electron chi connectivity index (χ0n) is 43.6. The first-order valence-electron chi connectivity index (χ1n) is 27.2. The fourth-order valence-electron chi connectivity index (χ4n) is 13.5. The third kappa shape index (κ3) is 6.96. The van der Waals surface area contributed by atoms with Crippen molar-refractivity contribution in [3.05, 3.63) is 325 Å². The highest BCUT2D eigenvalue weighted by Crippen LogP contribution is 2.65. The Morgan fingerprint density at radius 2 is 0.577 bits per heavy atom. The molecule has 15 rings (SSSR count). The minimum Gasteiger partial charge on any atom is -0.310 e. The van der Waals surface area contributed by atoms with Crippen LogP contribution in [0.15, 0.2) is 291 Å². The molecule has 0 amide bonds. The highest BCUT2D eigenvalue weighted by molar-refractivity contribution is 6.02. The quantitative estimate of drug-likeness (QED) is 0.142. The van der Waals surface area contributed by atoms with E-state index in [-0.39, 0.29) is 5.41 Å². The molecule has 0 aromatic heterocycles. The SMILES string of the molecule is CC1(C)c2ccccc2-c2ccc(N(c3ccc(-c4ccccc4)cc3)c3ccc4c(c3)C3(c5ccccc5-c5ccccc53)c3cccc(N(c5ccc(-c6ccccc6)cc5)c5ccc(-c6ccccc6)cc5)c3-4)cc21. The second-order valence-electron chi connectivity index (χ2n) is 21.6. The molecule has 2 nitrogen and oxygen atoms in total. The normalized spacial score (nSPS) is 13.5. The molecule has 12 aromatic rings. The largest absolute Gasteiger partial charge is 0.310 e.